The molecule has 0 unspecified atom stereocenters. The molecule has 3 nitrogen and oxygen atoms in total. The van der Waals surface area contributed by atoms with Crippen molar-refractivity contribution in [3.63, 3.8) is 0 Å². The topological polar surface area (TPSA) is 18.5 Å². The zero-order valence-corrected chi connectivity index (χ0v) is 11.8. The first-order valence-corrected chi connectivity index (χ1v) is 6.46. The van der Waals surface area contributed by atoms with Gasteiger partial charge in [-0.05, 0) is 25.5 Å². The van der Waals surface area contributed by atoms with Crippen molar-refractivity contribution >= 4 is 16.6 Å². The van der Waals surface area contributed by atoms with Crippen LogP contribution >= 0.6 is 0 Å². The van der Waals surface area contributed by atoms with Crippen LogP contribution in [0, 0.1) is 13.5 Å². The van der Waals surface area contributed by atoms with E-state index in [9.17, 15) is 13.2 Å². The maximum absolute atomic E-state index is 13.2. The highest BCUT2D eigenvalue weighted by Gasteiger charge is 2.36. The van der Waals surface area contributed by atoms with Gasteiger partial charge in [0.1, 0.15) is 0 Å². The van der Waals surface area contributed by atoms with Crippen molar-refractivity contribution in [2.75, 3.05) is 13.7 Å². The van der Waals surface area contributed by atoms with Gasteiger partial charge in [-0.25, -0.2) is 4.85 Å². The summed E-state index contributed by atoms with van der Waals surface area (Å²) >= 11 is 0. The van der Waals surface area contributed by atoms with Crippen LogP contribution in [-0.2, 0) is 17.5 Å². The van der Waals surface area contributed by atoms with Crippen molar-refractivity contribution in [3.05, 3.63) is 40.9 Å². The van der Waals surface area contributed by atoms with Crippen molar-refractivity contribution in [1.29, 1.82) is 0 Å². The Morgan fingerprint density at radius 2 is 2.05 bits per heavy atom. The second-order valence-corrected chi connectivity index (χ2v) is 4.79. The molecular weight excluding hydrogens is 281 g/mol. The fraction of sp³-hybridized carbons (Fsp3) is 0.400. The molecule has 1 aromatic heterocycles. The number of ether oxygens (including phenoxy) is 1. The summed E-state index contributed by atoms with van der Waals surface area (Å²) in [5, 5.41) is 0.0888. The molecule has 0 aliphatic heterocycles. The molecule has 0 amide bonds. The molecular formula is C15H15F3N2O. The van der Waals surface area contributed by atoms with E-state index in [1.54, 1.807) is 20.1 Å². The lowest BCUT2D eigenvalue weighted by molar-refractivity contribution is -0.135. The number of hydrogen-bond acceptors (Lipinski definition) is 1. The summed E-state index contributed by atoms with van der Waals surface area (Å²) in [4.78, 5) is 3.00. The molecule has 0 radical (unpaired) electrons. The highest BCUT2D eigenvalue weighted by molar-refractivity contribution is 5.90. The number of aromatic nitrogens is 1. The number of hydrogen-bond donors (Lipinski definition) is 0. The maximum Gasteiger partial charge on any atom is 0.408 e. The summed E-state index contributed by atoms with van der Waals surface area (Å²) in [6.45, 7) is 9.83. The number of rotatable bonds is 4. The van der Waals surface area contributed by atoms with E-state index < -0.39 is 11.7 Å². The van der Waals surface area contributed by atoms with Gasteiger partial charge in [0.15, 0.2) is 5.69 Å². The minimum absolute atomic E-state index is 0.0888. The SMILES string of the molecule is [C-]#[N+]c1ccc2c(cc(C)n2CCCOC)c1C(F)(F)F. The van der Waals surface area contributed by atoms with Crippen LogP contribution < -0.4 is 0 Å². The monoisotopic (exact) mass is 296 g/mol. The molecule has 2 rings (SSSR count). The molecule has 0 fully saturated rings. The second kappa shape index (κ2) is 5.78. The molecule has 1 heterocycles. The first kappa shape index (κ1) is 15.4. The van der Waals surface area contributed by atoms with E-state index in [-0.39, 0.29) is 11.1 Å². The van der Waals surface area contributed by atoms with Crippen LogP contribution in [0.1, 0.15) is 17.7 Å². The summed E-state index contributed by atoms with van der Waals surface area (Å²) in [7, 11) is 1.59. The fourth-order valence-electron chi connectivity index (χ4n) is 2.51. The summed E-state index contributed by atoms with van der Waals surface area (Å²) < 4.78 is 46.5. The van der Waals surface area contributed by atoms with E-state index >= 15 is 0 Å². The average molecular weight is 296 g/mol. The number of methoxy groups -OCH3 is 1. The van der Waals surface area contributed by atoms with Crippen molar-refractivity contribution in [2.45, 2.75) is 26.1 Å². The highest BCUT2D eigenvalue weighted by atomic mass is 19.4. The van der Waals surface area contributed by atoms with Gasteiger partial charge < -0.3 is 9.30 Å². The van der Waals surface area contributed by atoms with Gasteiger partial charge in [0.2, 0.25) is 0 Å². The van der Waals surface area contributed by atoms with E-state index in [1.807, 2.05) is 4.57 Å². The van der Waals surface area contributed by atoms with E-state index in [2.05, 4.69) is 4.85 Å². The Hall–Kier alpha value is -2.00. The Balaban J connectivity index is 2.62. The lowest BCUT2D eigenvalue weighted by Gasteiger charge is -2.12. The number of nitrogens with zero attached hydrogens (tertiary/aromatic N) is 2. The number of fused-ring (bicyclic) bond motifs is 1. The van der Waals surface area contributed by atoms with Crippen LogP contribution in [-0.4, -0.2) is 18.3 Å². The second-order valence-electron chi connectivity index (χ2n) is 4.79. The molecule has 112 valence electrons. The average Bonchev–Trinajstić information content (AvgIpc) is 2.72. The van der Waals surface area contributed by atoms with Crippen LogP contribution in [0.3, 0.4) is 0 Å². The van der Waals surface area contributed by atoms with Crippen LogP contribution in [0.15, 0.2) is 18.2 Å². The smallest absolute Gasteiger partial charge is 0.385 e. The summed E-state index contributed by atoms with van der Waals surface area (Å²) in [6.07, 6.45) is -3.82. The first-order chi connectivity index (χ1) is 9.90. The van der Waals surface area contributed by atoms with Crippen LogP contribution in [0.2, 0.25) is 0 Å². The third kappa shape index (κ3) is 2.88. The third-order valence-corrected chi connectivity index (χ3v) is 3.40. The molecule has 0 atom stereocenters. The third-order valence-electron chi connectivity index (χ3n) is 3.40. The normalized spacial score (nSPS) is 11.8. The van der Waals surface area contributed by atoms with Gasteiger partial charge in [0.25, 0.3) is 0 Å². The zero-order chi connectivity index (χ0) is 15.6. The molecule has 1 aromatic carbocycles. The van der Waals surface area contributed by atoms with Gasteiger partial charge in [-0.1, -0.05) is 6.07 Å². The molecule has 0 spiro atoms. The standard InChI is InChI=1S/C15H15F3N2O/c1-10-9-11-13(20(10)7-4-8-21-3)6-5-12(19-2)14(11)15(16,17)18/h5-6,9H,4,7-8H2,1,3H3. The van der Waals surface area contributed by atoms with Crippen molar-refractivity contribution in [1.82, 2.24) is 4.57 Å². The number of benzene rings is 1. The van der Waals surface area contributed by atoms with Gasteiger partial charge >= 0.3 is 6.18 Å². The van der Waals surface area contributed by atoms with Crippen LogP contribution in [0.4, 0.5) is 18.9 Å². The molecule has 2 aromatic rings. The van der Waals surface area contributed by atoms with Crippen molar-refractivity contribution < 1.29 is 17.9 Å². The van der Waals surface area contributed by atoms with E-state index in [0.717, 1.165) is 5.69 Å². The Kier molecular flexibility index (Phi) is 4.24. The number of aryl methyl sites for hydroxylation is 2. The Morgan fingerprint density at radius 1 is 1.33 bits per heavy atom. The molecule has 6 heteroatoms. The number of halogens is 3. The predicted molar refractivity (Wildman–Crippen MR) is 74.4 cm³/mol. The van der Waals surface area contributed by atoms with Crippen molar-refractivity contribution in [3.8, 4) is 0 Å². The Labute approximate surface area is 120 Å². The molecule has 0 N–H and O–H groups in total. The Bertz CT molecular complexity index is 695. The lowest BCUT2D eigenvalue weighted by Crippen LogP contribution is -2.06. The maximum atomic E-state index is 13.2. The molecule has 0 bridgehead atoms. The van der Waals surface area contributed by atoms with Gasteiger partial charge in [-0.2, -0.15) is 13.2 Å². The van der Waals surface area contributed by atoms with E-state index in [0.29, 0.717) is 25.1 Å². The van der Waals surface area contributed by atoms with Gasteiger partial charge in [0.05, 0.1) is 12.1 Å². The molecule has 0 saturated heterocycles. The summed E-state index contributed by atoms with van der Waals surface area (Å²) in [5.74, 6) is 0. The van der Waals surface area contributed by atoms with Gasteiger partial charge in [0, 0.05) is 36.9 Å². The zero-order valence-electron chi connectivity index (χ0n) is 11.8. The van der Waals surface area contributed by atoms with E-state index in [1.165, 1.54) is 12.1 Å². The molecule has 21 heavy (non-hydrogen) atoms. The van der Waals surface area contributed by atoms with Gasteiger partial charge in [-0.3, -0.25) is 0 Å². The van der Waals surface area contributed by atoms with Crippen molar-refractivity contribution in [2.24, 2.45) is 0 Å². The highest BCUT2D eigenvalue weighted by Crippen LogP contribution is 2.42. The lowest BCUT2D eigenvalue weighted by atomic mass is 10.1. The number of alkyl halides is 3. The van der Waals surface area contributed by atoms with Gasteiger partial charge in [-0.15, -0.1) is 0 Å². The summed E-state index contributed by atoms with van der Waals surface area (Å²) in [5.41, 5.74) is 0.0460. The fourth-order valence-corrected chi connectivity index (χ4v) is 2.51. The predicted octanol–water partition coefficient (Wildman–Crippen LogP) is 4.56. The first-order valence-electron chi connectivity index (χ1n) is 6.46. The minimum Gasteiger partial charge on any atom is -0.385 e. The quantitative estimate of drug-likeness (QED) is 0.598. The van der Waals surface area contributed by atoms with Crippen LogP contribution in [0.5, 0.6) is 0 Å². The molecule has 0 aliphatic rings. The largest absolute Gasteiger partial charge is 0.408 e. The van der Waals surface area contributed by atoms with Crippen LogP contribution in [0.25, 0.3) is 15.7 Å². The molecule has 0 saturated carbocycles. The van der Waals surface area contributed by atoms with E-state index in [4.69, 9.17) is 11.3 Å². The Morgan fingerprint density at radius 3 is 2.62 bits per heavy atom. The minimum atomic E-state index is -4.54. The summed E-state index contributed by atoms with van der Waals surface area (Å²) in [6, 6.07) is 4.32. The molecule has 0 aliphatic carbocycles.